The van der Waals surface area contributed by atoms with Crippen molar-refractivity contribution in [2.75, 3.05) is 0 Å². The molecule has 5 nitrogen and oxygen atoms in total. The molecule has 0 aliphatic heterocycles. The summed E-state index contributed by atoms with van der Waals surface area (Å²) in [4.78, 5) is 4.47. The smallest absolute Gasteiger partial charge is 0.229 e. The molecule has 118 valence electrons. The van der Waals surface area contributed by atoms with Gasteiger partial charge in [-0.15, -0.1) is 0 Å². The first kappa shape index (κ1) is 15.0. The Balaban J connectivity index is 1.48. The molecular formula is C16H27N3O2. The number of aliphatic hydroxyl groups excluding tert-OH is 1. The summed E-state index contributed by atoms with van der Waals surface area (Å²) in [5.74, 6) is 2.06. The first-order valence-electron chi connectivity index (χ1n) is 8.53. The van der Waals surface area contributed by atoms with Crippen molar-refractivity contribution in [3.05, 3.63) is 11.7 Å². The third-order valence-electron chi connectivity index (χ3n) is 5.06. The monoisotopic (exact) mass is 293 g/mol. The Bertz CT molecular complexity index is 440. The maximum atomic E-state index is 10.1. The van der Waals surface area contributed by atoms with E-state index in [1.165, 1.54) is 12.8 Å². The van der Waals surface area contributed by atoms with Crippen LogP contribution in [0.15, 0.2) is 4.52 Å². The quantitative estimate of drug-likeness (QED) is 0.892. The minimum atomic E-state index is -0.153. The van der Waals surface area contributed by atoms with Crippen LogP contribution in [0, 0.1) is 0 Å². The van der Waals surface area contributed by atoms with Crippen LogP contribution in [0.2, 0.25) is 0 Å². The topological polar surface area (TPSA) is 71.2 Å². The first-order valence-corrected chi connectivity index (χ1v) is 8.53. The minimum absolute atomic E-state index is 0.153. The van der Waals surface area contributed by atoms with Crippen LogP contribution in [0.3, 0.4) is 0 Å². The summed E-state index contributed by atoms with van der Waals surface area (Å²) in [6.07, 6.45) is 9.64. The van der Waals surface area contributed by atoms with Crippen LogP contribution in [-0.4, -0.2) is 33.4 Å². The van der Waals surface area contributed by atoms with Gasteiger partial charge in [0.05, 0.1) is 6.10 Å². The Hall–Kier alpha value is -0.940. The molecule has 21 heavy (non-hydrogen) atoms. The third kappa shape index (κ3) is 3.64. The van der Waals surface area contributed by atoms with Gasteiger partial charge in [-0.1, -0.05) is 24.9 Å². The Morgan fingerprint density at radius 1 is 1.14 bits per heavy atom. The Morgan fingerprint density at radius 2 is 1.90 bits per heavy atom. The zero-order valence-electron chi connectivity index (χ0n) is 12.9. The Morgan fingerprint density at radius 3 is 2.57 bits per heavy atom. The number of hydrogen-bond donors (Lipinski definition) is 2. The number of aliphatic hydroxyl groups is 1. The van der Waals surface area contributed by atoms with Crippen LogP contribution in [-0.2, 0) is 6.42 Å². The fourth-order valence-corrected chi connectivity index (χ4v) is 3.69. The van der Waals surface area contributed by atoms with Gasteiger partial charge in [-0.2, -0.15) is 4.98 Å². The van der Waals surface area contributed by atoms with E-state index in [9.17, 15) is 5.11 Å². The van der Waals surface area contributed by atoms with Gasteiger partial charge in [0.2, 0.25) is 5.89 Å². The zero-order valence-corrected chi connectivity index (χ0v) is 12.9. The van der Waals surface area contributed by atoms with Gasteiger partial charge in [0, 0.05) is 24.4 Å². The average Bonchev–Trinajstić information content (AvgIpc) is 2.99. The molecular weight excluding hydrogens is 266 g/mol. The van der Waals surface area contributed by atoms with Crippen molar-refractivity contribution in [2.24, 2.45) is 0 Å². The van der Waals surface area contributed by atoms with E-state index in [2.05, 4.69) is 15.5 Å². The number of aromatic nitrogens is 2. The highest BCUT2D eigenvalue weighted by Gasteiger charge is 2.30. The summed E-state index contributed by atoms with van der Waals surface area (Å²) in [5.41, 5.74) is 0. The minimum Gasteiger partial charge on any atom is -0.392 e. The van der Waals surface area contributed by atoms with Crippen molar-refractivity contribution in [3.63, 3.8) is 0 Å². The largest absolute Gasteiger partial charge is 0.392 e. The van der Waals surface area contributed by atoms with Crippen molar-refractivity contribution >= 4 is 0 Å². The maximum absolute atomic E-state index is 10.1. The maximum Gasteiger partial charge on any atom is 0.229 e. The van der Waals surface area contributed by atoms with Gasteiger partial charge in [0.1, 0.15) is 0 Å². The van der Waals surface area contributed by atoms with Crippen LogP contribution in [0.4, 0.5) is 0 Å². The lowest BCUT2D eigenvalue weighted by molar-refractivity contribution is 0.0805. The van der Waals surface area contributed by atoms with E-state index in [0.29, 0.717) is 18.0 Å². The molecule has 0 radical (unpaired) electrons. The molecule has 2 aliphatic rings. The number of rotatable bonds is 4. The van der Waals surface area contributed by atoms with Gasteiger partial charge < -0.3 is 14.9 Å². The molecule has 0 saturated heterocycles. The second-order valence-electron chi connectivity index (χ2n) is 6.58. The van der Waals surface area contributed by atoms with E-state index in [1.807, 2.05) is 6.92 Å². The fraction of sp³-hybridized carbons (Fsp3) is 0.875. The lowest BCUT2D eigenvalue weighted by Gasteiger charge is -2.35. The molecule has 5 heteroatoms. The second kappa shape index (κ2) is 6.88. The van der Waals surface area contributed by atoms with E-state index < -0.39 is 0 Å². The summed E-state index contributed by atoms with van der Waals surface area (Å²) in [5, 5.41) is 17.7. The molecule has 3 rings (SSSR count). The zero-order chi connectivity index (χ0) is 14.7. The van der Waals surface area contributed by atoms with Gasteiger partial charge in [-0.25, -0.2) is 0 Å². The molecule has 1 aromatic rings. The summed E-state index contributed by atoms with van der Waals surface area (Å²) in [7, 11) is 0. The summed E-state index contributed by atoms with van der Waals surface area (Å²) >= 11 is 0. The number of nitrogens with one attached hydrogen (secondary N) is 1. The third-order valence-corrected chi connectivity index (χ3v) is 5.06. The fourth-order valence-electron chi connectivity index (χ4n) is 3.69. The normalized spacial score (nSPS) is 34.0. The summed E-state index contributed by atoms with van der Waals surface area (Å²) < 4.78 is 5.38. The lowest BCUT2D eigenvalue weighted by Crippen LogP contribution is -2.48. The van der Waals surface area contributed by atoms with Gasteiger partial charge in [-0.3, -0.25) is 0 Å². The highest BCUT2D eigenvalue weighted by molar-refractivity contribution is 4.98. The molecule has 2 aliphatic carbocycles. The molecule has 2 saturated carbocycles. The summed E-state index contributed by atoms with van der Waals surface area (Å²) in [6.45, 7) is 2.05. The van der Waals surface area contributed by atoms with E-state index in [4.69, 9.17) is 4.52 Å². The van der Waals surface area contributed by atoms with Crippen molar-refractivity contribution in [3.8, 4) is 0 Å². The molecule has 2 unspecified atom stereocenters. The average molecular weight is 293 g/mol. The first-order chi connectivity index (χ1) is 10.3. The van der Waals surface area contributed by atoms with E-state index in [1.54, 1.807) is 0 Å². The predicted molar refractivity (Wildman–Crippen MR) is 80.1 cm³/mol. The molecule has 2 fully saturated rings. The standard InChI is InChI=1S/C16H27N3O2/c1-2-15-18-16(21-19-15)11-7-9-12(10-8-11)17-13-5-3-4-6-14(13)20/h11-14,17,20H,2-10H2,1H3. The molecule has 1 aromatic heterocycles. The molecule has 0 spiro atoms. The molecule has 0 aromatic carbocycles. The Labute approximate surface area is 126 Å². The number of nitrogens with zero attached hydrogens (tertiary/aromatic N) is 2. The predicted octanol–water partition coefficient (Wildman–Crippen LogP) is 2.55. The van der Waals surface area contributed by atoms with Crippen LogP contribution in [0.25, 0.3) is 0 Å². The van der Waals surface area contributed by atoms with Crippen LogP contribution >= 0.6 is 0 Å². The lowest BCUT2D eigenvalue weighted by atomic mass is 9.84. The molecule has 0 amide bonds. The van der Waals surface area contributed by atoms with E-state index in [0.717, 1.165) is 56.7 Å². The highest BCUT2D eigenvalue weighted by Crippen LogP contribution is 2.32. The summed E-state index contributed by atoms with van der Waals surface area (Å²) in [6, 6.07) is 0.836. The van der Waals surface area contributed by atoms with Gasteiger partial charge in [-0.05, 0) is 38.5 Å². The van der Waals surface area contributed by atoms with Crippen LogP contribution in [0.5, 0.6) is 0 Å². The van der Waals surface area contributed by atoms with Gasteiger partial charge >= 0.3 is 0 Å². The van der Waals surface area contributed by atoms with Crippen LogP contribution in [0.1, 0.15) is 75.9 Å². The van der Waals surface area contributed by atoms with Gasteiger partial charge in [0.15, 0.2) is 5.82 Å². The number of hydrogen-bond acceptors (Lipinski definition) is 5. The van der Waals surface area contributed by atoms with E-state index in [-0.39, 0.29) is 6.10 Å². The van der Waals surface area contributed by atoms with Crippen molar-refractivity contribution in [1.29, 1.82) is 0 Å². The Kier molecular flexibility index (Phi) is 4.91. The molecule has 1 heterocycles. The van der Waals surface area contributed by atoms with E-state index >= 15 is 0 Å². The highest BCUT2D eigenvalue weighted by atomic mass is 16.5. The molecule has 2 atom stereocenters. The van der Waals surface area contributed by atoms with Gasteiger partial charge in [0.25, 0.3) is 0 Å². The van der Waals surface area contributed by atoms with Crippen molar-refractivity contribution < 1.29 is 9.63 Å². The van der Waals surface area contributed by atoms with Crippen molar-refractivity contribution in [1.82, 2.24) is 15.5 Å². The van der Waals surface area contributed by atoms with Crippen LogP contribution < -0.4 is 5.32 Å². The molecule has 2 N–H and O–H groups in total. The van der Waals surface area contributed by atoms with Crippen molar-refractivity contribution in [2.45, 2.75) is 88.8 Å². The number of aryl methyl sites for hydroxylation is 1. The molecule has 0 bridgehead atoms. The SMILES string of the molecule is CCc1noc(C2CCC(NC3CCCCC3O)CC2)n1. The second-order valence-corrected chi connectivity index (χ2v) is 6.58.